The van der Waals surface area contributed by atoms with Crippen LogP contribution in [0.2, 0.25) is 20.1 Å². The Bertz CT molecular complexity index is 3860. The van der Waals surface area contributed by atoms with Crippen LogP contribution in [-0.2, 0) is 39.2 Å². The highest BCUT2D eigenvalue weighted by Crippen LogP contribution is 2.42. The minimum atomic E-state index is -0.863. The van der Waals surface area contributed by atoms with Gasteiger partial charge >= 0.3 is 12.0 Å². The molecular formula is C82H107Cl4N5O10. The molecule has 8 aromatic carbocycles. The molecule has 6 amide bonds. The Morgan fingerprint density at radius 1 is 0.634 bits per heavy atom. The largest absolute Gasteiger partial charge is 0.504 e. The van der Waals surface area contributed by atoms with Crippen molar-refractivity contribution in [2.75, 3.05) is 10.6 Å². The van der Waals surface area contributed by atoms with Crippen LogP contribution in [0.25, 0.3) is 0 Å². The van der Waals surface area contributed by atoms with Crippen LogP contribution >= 0.6 is 46.4 Å². The maximum Gasteiger partial charge on any atom is 0.335 e. The zero-order valence-electron chi connectivity index (χ0n) is 57.3. The van der Waals surface area contributed by atoms with Crippen LogP contribution in [0.5, 0.6) is 17.2 Å². The molecule has 8 aromatic rings. The van der Waals surface area contributed by atoms with Gasteiger partial charge < -0.3 is 41.3 Å². The minimum Gasteiger partial charge on any atom is -0.504 e. The number of carbonyl (C=O) groups is 6. The van der Waals surface area contributed by atoms with Gasteiger partial charge in [0.1, 0.15) is 11.8 Å². The third-order valence-corrected chi connectivity index (χ3v) is 17.4. The second kappa shape index (κ2) is 45.8. The van der Waals surface area contributed by atoms with Gasteiger partial charge in [-0.15, -0.1) is 0 Å². The first kappa shape index (κ1) is 92.1. The van der Waals surface area contributed by atoms with Crippen LogP contribution in [0, 0.1) is 27.7 Å². The summed E-state index contributed by atoms with van der Waals surface area (Å²) in [6.45, 7) is 24.0. The number of carboxylic acids is 1. The molecule has 0 saturated carbocycles. The number of urea groups is 1. The van der Waals surface area contributed by atoms with E-state index in [4.69, 9.17) is 62.0 Å². The van der Waals surface area contributed by atoms with E-state index in [2.05, 4.69) is 104 Å². The predicted molar refractivity (Wildman–Crippen MR) is 421 cm³/mol. The average Bonchev–Trinajstić information content (AvgIpc) is 1.70. The number of phenols is 2. The van der Waals surface area contributed by atoms with Crippen molar-refractivity contribution in [3.05, 3.63) is 251 Å². The zero-order chi connectivity index (χ0) is 72.1. The number of carboxylic acid groups (broad SMARTS) is 1. The molecule has 0 aliphatic carbocycles. The summed E-state index contributed by atoms with van der Waals surface area (Å²) in [5.41, 5.74) is 15.8. The maximum absolute atomic E-state index is 12.9. The van der Waals surface area contributed by atoms with Crippen LogP contribution in [0.15, 0.2) is 170 Å². The first-order valence-electron chi connectivity index (χ1n) is 32.1. The summed E-state index contributed by atoms with van der Waals surface area (Å²) in [6.07, 6.45) is 5.23. The number of benzene rings is 8. The summed E-state index contributed by atoms with van der Waals surface area (Å²) in [6, 6.07) is 53.7. The first-order chi connectivity index (χ1) is 46.0. The zero-order valence-corrected chi connectivity index (χ0v) is 60.3. The smallest absolute Gasteiger partial charge is 0.335 e. The van der Waals surface area contributed by atoms with Gasteiger partial charge in [-0.3, -0.25) is 24.5 Å². The van der Waals surface area contributed by atoms with Gasteiger partial charge in [0, 0.05) is 29.1 Å². The number of carbonyl (C=O) groups excluding carboxylic acids is 5. The van der Waals surface area contributed by atoms with E-state index >= 15 is 0 Å². The minimum absolute atomic E-state index is 0. The number of aromatic carboxylic acids is 1. The van der Waals surface area contributed by atoms with E-state index < -0.39 is 12.1 Å². The number of rotatable bonds is 19. The quantitative estimate of drug-likeness (QED) is 0.0299. The lowest BCUT2D eigenvalue weighted by atomic mass is 9.74. The summed E-state index contributed by atoms with van der Waals surface area (Å²) in [4.78, 5) is 68.9. The Labute approximate surface area is 621 Å². The molecule has 15 nitrogen and oxygen atoms in total. The molecule has 0 aromatic heterocycles. The van der Waals surface area contributed by atoms with Gasteiger partial charge in [-0.2, -0.15) is 0 Å². The van der Waals surface area contributed by atoms with Crippen molar-refractivity contribution in [3.8, 4) is 17.2 Å². The molecule has 1 aliphatic heterocycles. The van der Waals surface area contributed by atoms with Gasteiger partial charge in [0.25, 0.3) is 11.8 Å². The number of primary amides is 1. The molecule has 3 atom stereocenters. The van der Waals surface area contributed by atoms with E-state index in [-0.39, 0.29) is 104 Å². The molecule has 19 heteroatoms. The number of aromatic hydroxyl groups is 2. The van der Waals surface area contributed by atoms with Gasteiger partial charge in [0.05, 0.1) is 27.0 Å². The monoisotopic (exact) mass is 1460 g/mol. The lowest BCUT2D eigenvalue weighted by molar-refractivity contribution is -0.123. The topological polar surface area (TPSA) is 238 Å². The number of nitrogens with zero attached hydrogens (tertiary/aromatic N) is 1. The summed E-state index contributed by atoms with van der Waals surface area (Å²) < 4.78 is 6.02. The Hall–Kier alpha value is -8.86. The van der Waals surface area contributed by atoms with Gasteiger partial charge in [-0.1, -0.05) is 269 Å². The van der Waals surface area contributed by atoms with Gasteiger partial charge in [0.15, 0.2) is 17.6 Å². The lowest BCUT2D eigenvalue weighted by Crippen LogP contribution is -2.33. The number of hydrogen-bond donors (Lipinski definition) is 7. The van der Waals surface area contributed by atoms with Crippen molar-refractivity contribution < 1.29 is 48.8 Å². The number of hydrogen-bond acceptors (Lipinski definition) is 9. The molecule has 0 radical (unpaired) electrons. The number of imide groups is 1. The highest BCUT2D eigenvalue weighted by atomic mass is 35.5. The standard InChI is InChI=1S/C22H27Cl2NO3.C19H24.C11H12N2O2.C10H11Cl2NO2.C8H9NO.C8H8O2.4CH4/c1-5-7-8-19(28-18-10-9-13(3)11-14(18)4)22(27)25-17-12-16(23)15(6-2)20(24)21(17)26;1-4-16(17-11-7-5-8-12-17)15-19(2,3)18-13-9-6-10-14-18;1-8-10(14)12-11(15)13(8)7-9-5-3-2-4-6-9;1-3-6-7(11)4-8(13-5(2)14)10(15)9(6)12;2*1-6-4-2-3-5-7(6)8(9)10;;;;/h9-12,19,26H,5-8H2,1-4H3,(H,25,27);5-14,16H,4,15H2,1-3H3;2-6,8H,7H2,1H3,(H,12,14,15);4,15H,3H2,1-2H3,(H,13,14);2-5H,1H3,(H2,9,10);2-5H,1H3,(H,9,10);4*1H4. The second-order valence-corrected chi connectivity index (χ2v) is 25.4. The van der Waals surface area contributed by atoms with Crippen molar-refractivity contribution in [2.45, 2.75) is 188 Å². The number of anilines is 2. The van der Waals surface area contributed by atoms with Gasteiger partial charge in [-0.05, 0) is 159 Å². The van der Waals surface area contributed by atoms with E-state index in [0.717, 1.165) is 40.7 Å². The van der Waals surface area contributed by atoms with Crippen molar-refractivity contribution in [3.63, 3.8) is 0 Å². The average molecular weight is 1460 g/mol. The number of halogens is 4. The van der Waals surface area contributed by atoms with Crippen LogP contribution < -0.4 is 26.4 Å². The molecule has 1 fully saturated rings. The first-order valence-corrected chi connectivity index (χ1v) is 33.6. The molecule has 0 spiro atoms. The highest BCUT2D eigenvalue weighted by Gasteiger charge is 2.34. The SMILES string of the molecule is C.C.C.C.CC1C(=O)NC(=O)N1Cc1ccccc1.CCC(CC(C)(C)c1ccccc1)c1ccccc1.CCCCC(Oc1ccc(C)cc1C)C(=O)Nc1cc(Cl)c(CC)c(Cl)c1O.CCc1c(Cl)cc(NC(C)=O)c(O)c1Cl.Cc1ccccc1C(=O)O.Cc1ccccc1C(N)=O. The Balaban J connectivity index is 0.00000122. The summed E-state index contributed by atoms with van der Waals surface area (Å²) in [7, 11) is 0. The van der Waals surface area contributed by atoms with Gasteiger partial charge in [0.2, 0.25) is 11.8 Å². The third kappa shape index (κ3) is 28.6. The van der Waals surface area contributed by atoms with Crippen LogP contribution in [0.1, 0.15) is 194 Å². The van der Waals surface area contributed by atoms with E-state index in [1.54, 1.807) is 44.2 Å². The fraction of sp³-hybridized carbons (Fsp3) is 0.341. The van der Waals surface area contributed by atoms with Crippen molar-refractivity contribution in [2.24, 2.45) is 5.73 Å². The lowest BCUT2D eigenvalue weighted by Gasteiger charge is -2.30. The molecular weight excluding hydrogens is 1360 g/mol. The van der Waals surface area contributed by atoms with Crippen LogP contribution in [0.3, 0.4) is 0 Å². The molecule has 1 saturated heterocycles. The highest BCUT2D eigenvalue weighted by molar-refractivity contribution is 6.38. The summed E-state index contributed by atoms with van der Waals surface area (Å²) >= 11 is 24.3. The number of unbranched alkanes of at least 4 members (excludes halogenated alkanes) is 1. The molecule has 1 aliphatic rings. The number of ether oxygens (including phenoxy) is 1. The molecule has 0 bridgehead atoms. The van der Waals surface area contributed by atoms with E-state index in [1.165, 1.54) is 47.9 Å². The number of aryl methyl sites for hydroxylation is 4. The van der Waals surface area contributed by atoms with Crippen molar-refractivity contribution in [1.82, 2.24) is 10.2 Å². The maximum atomic E-state index is 12.9. The summed E-state index contributed by atoms with van der Waals surface area (Å²) in [5.74, 6) is -1.11. The molecule has 3 unspecified atom stereocenters. The molecule has 548 valence electrons. The van der Waals surface area contributed by atoms with Crippen LogP contribution in [-0.4, -0.2) is 68.0 Å². The van der Waals surface area contributed by atoms with E-state index in [9.17, 15) is 39.0 Å². The van der Waals surface area contributed by atoms with Crippen molar-refractivity contribution in [1.29, 1.82) is 0 Å². The molecule has 1 heterocycles. The second-order valence-electron chi connectivity index (χ2n) is 23.8. The number of amides is 6. The van der Waals surface area contributed by atoms with E-state index in [1.807, 2.05) is 101 Å². The Kier molecular flexibility index (Phi) is 41.8. The number of nitrogens with two attached hydrogens (primary N) is 1. The normalized spacial score (nSPS) is 12.2. The summed E-state index contributed by atoms with van der Waals surface area (Å²) in [5, 5.41) is 37.2. The molecule has 8 N–H and O–H groups in total. The van der Waals surface area contributed by atoms with E-state index in [0.29, 0.717) is 69.8 Å². The Morgan fingerprint density at radius 3 is 1.50 bits per heavy atom. The Morgan fingerprint density at radius 2 is 1.10 bits per heavy atom. The number of nitrogens with one attached hydrogen (secondary N) is 3. The molecule has 9 rings (SSSR count). The fourth-order valence-corrected chi connectivity index (χ4v) is 11.8. The van der Waals surface area contributed by atoms with Gasteiger partial charge in [-0.25, -0.2) is 9.59 Å². The third-order valence-electron chi connectivity index (χ3n) is 16.0. The molecule has 101 heavy (non-hydrogen) atoms. The van der Waals surface area contributed by atoms with Crippen molar-refractivity contribution >= 4 is 93.4 Å². The predicted octanol–water partition coefficient (Wildman–Crippen LogP) is 21.7. The van der Waals surface area contributed by atoms with Crippen LogP contribution in [0.4, 0.5) is 16.2 Å². The fourth-order valence-electron chi connectivity index (χ4n) is 10.4. The number of phenolic OH excluding ortho intramolecular Hbond substituents is 2.